The Balaban J connectivity index is 1.62. The molecule has 1 aliphatic rings. The van der Waals surface area contributed by atoms with Crippen molar-refractivity contribution in [2.75, 3.05) is 18.0 Å². The van der Waals surface area contributed by atoms with Crippen molar-refractivity contribution in [3.8, 4) is 0 Å². The first-order valence-corrected chi connectivity index (χ1v) is 9.48. The molecule has 0 N–H and O–H groups in total. The molecule has 1 saturated heterocycles. The van der Waals surface area contributed by atoms with E-state index in [9.17, 15) is 9.59 Å². The van der Waals surface area contributed by atoms with Gasteiger partial charge in [-0.2, -0.15) is 0 Å². The molecule has 0 bridgehead atoms. The zero-order valence-corrected chi connectivity index (χ0v) is 14.7. The van der Waals surface area contributed by atoms with Gasteiger partial charge in [0.2, 0.25) is 11.8 Å². The minimum atomic E-state index is 0.0745. The van der Waals surface area contributed by atoms with E-state index in [2.05, 4.69) is 4.98 Å². The van der Waals surface area contributed by atoms with Gasteiger partial charge in [-0.15, -0.1) is 22.7 Å². The molecule has 0 saturated carbocycles. The van der Waals surface area contributed by atoms with Crippen LogP contribution in [0.3, 0.4) is 0 Å². The van der Waals surface area contributed by atoms with E-state index in [0.717, 1.165) is 23.8 Å². The van der Waals surface area contributed by atoms with Gasteiger partial charge in [-0.3, -0.25) is 14.5 Å². The molecule has 122 valence electrons. The second kappa shape index (κ2) is 7.23. The average Bonchev–Trinajstić information content (AvgIpc) is 3.26. The summed E-state index contributed by atoms with van der Waals surface area (Å²) in [7, 11) is 0. The highest BCUT2D eigenvalue weighted by molar-refractivity contribution is 7.14. The van der Waals surface area contributed by atoms with Gasteiger partial charge < -0.3 is 4.90 Å². The summed E-state index contributed by atoms with van der Waals surface area (Å²) in [6.45, 7) is 4.05. The highest BCUT2D eigenvalue weighted by Crippen LogP contribution is 2.25. The topological polar surface area (TPSA) is 53.5 Å². The number of carbonyl (C=O) groups is 2. The summed E-state index contributed by atoms with van der Waals surface area (Å²) >= 11 is 3.10. The van der Waals surface area contributed by atoms with Crippen molar-refractivity contribution >= 4 is 39.6 Å². The molecule has 3 heterocycles. The first kappa shape index (κ1) is 16.1. The van der Waals surface area contributed by atoms with E-state index in [1.807, 2.05) is 34.7 Å². The molecule has 0 atom stereocenters. The number of thiazole rings is 1. The second-order valence-electron chi connectivity index (χ2n) is 5.43. The number of carbonyl (C=O) groups excluding carboxylic acids is 2. The molecule has 0 spiro atoms. The number of likely N-dealkylation sites (N-methyl/N-ethyl adjacent to an activating group) is 1. The van der Waals surface area contributed by atoms with Gasteiger partial charge >= 0.3 is 0 Å². The van der Waals surface area contributed by atoms with Gasteiger partial charge in [0.1, 0.15) is 0 Å². The van der Waals surface area contributed by atoms with Crippen LogP contribution in [0.25, 0.3) is 0 Å². The molecular weight excluding hydrogens is 330 g/mol. The van der Waals surface area contributed by atoms with Gasteiger partial charge in [-0.05, 0) is 24.8 Å². The predicted molar refractivity (Wildman–Crippen MR) is 92.8 cm³/mol. The Kier molecular flexibility index (Phi) is 5.07. The Hall–Kier alpha value is -1.73. The summed E-state index contributed by atoms with van der Waals surface area (Å²) in [6.07, 6.45) is 1.77. The third kappa shape index (κ3) is 3.79. The number of hydrogen-bond acceptors (Lipinski definition) is 5. The van der Waals surface area contributed by atoms with Crippen molar-refractivity contribution in [3.05, 3.63) is 33.5 Å². The maximum absolute atomic E-state index is 12.5. The minimum absolute atomic E-state index is 0.0745. The van der Waals surface area contributed by atoms with Crippen LogP contribution in [0.2, 0.25) is 0 Å². The maximum Gasteiger partial charge on any atom is 0.228 e. The summed E-state index contributed by atoms with van der Waals surface area (Å²) in [5.41, 5.74) is 0.749. The molecule has 0 aliphatic carbocycles. The average molecular weight is 349 g/mol. The number of aromatic nitrogens is 1. The lowest BCUT2D eigenvalue weighted by Gasteiger charge is -2.19. The monoisotopic (exact) mass is 349 g/mol. The van der Waals surface area contributed by atoms with Crippen LogP contribution in [0.5, 0.6) is 0 Å². The molecular formula is C16H19N3O2S2. The van der Waals surface area contributed by atoms with Crippen LogP contribution in [0.4, 0.5) is 5.13 Å². The number of amides is 2. The lowest BCUT2D eigenvalue weighted by Crippen LogP contribution is -2.31. The van der Waals surface area contributed by atoms with Crippen LogP contribution in [-0.2, 0) is 22.6 Å². The van der Waals surface area contributed by atoms with Crippen LogP contribution in [0, 0.1) is 0 Å². The maximum atomic E-state index is 12.5. The normalized spacial score (nSPS) is 14.5. The van der Waals surface area contributed by atoms with E-state index in [0.29, 0.717) is 19.5 Å². The minimum Gasteiger partial charge on any atom is -0.337 e. The number of thiophene rings is 1. The van der Waals surface area contributed by atoms with Gasteiger partial charge in [0, 0.05) is 29.8 Å². The van der Waals surface area contributed by atoms with Gasteiger partial charge in [-0.25, -0.2) is 4.98 Å². The molecule has 3 rings (SSSR count). The number of anilines is 1. The fraction of sp³-hybridized carbons (Fsp3) is 0.438. The summed E-state index contributed by atoms with van der Waals surface area (Å²) in [5, 5.41) is 4.63. The molecule has 0 unspecified atom stereocenters. The number of rotatable bonds is 6. The van der Waals surface area contributed by atoms with Gasteiger partial charge in [0.15, 0.2) is 5.13 Å². The second-order valence-corrected chi connectivity index (χ2v) is 7.30. The standard InChI is InChI=1S/C16H19N3O2S2/c1-2-18(10-13-5-4-8-22-13)15(21)9-12-11-23-16(17-12)19-7-3-6-14(19)20/h4-5,8,11H,2-3,6-7,9-10H2,1H3. The van der Waals surface area contributed by atoms with Crippen LogP contribution >= 0.6 is 22.7 Å². The van der Waals surface area contributed by atoms with Crippen LogP contribution < -0.4 is 4.90 Å². The Morgan fingerprint density at radius 1 is 1.43 bits per heavy atom. The first-order valence-electron chi connectivity index (χ1n) is 7.72. The zero-order chi connectivity index (χ0) is 16.2. The first-order chi connectivity index (χ1) is 11.2. The van der Waals surface area contributed by atoms with Crippen molar-refractivity contribution in [2.45, 2.75) is 32.7 Å². The molecule has 23 heavy (non-hydrogen) atoms. The highest BCUT2D eigenvalue weighted by atomic mass is 32.1. The zero-order valence-electron chi connectivity index (χ0n) is 13.0. The van der Waals surface area contributed by atoms with Crippen LogP contribution in [-0.4, -0.2) is 34.8 Å². The molecule has 2 amide bonds. The molecule has 5 nitrogen and oxygen atoms in total. The molecule has 0 radical (unpaired) electrons. The third-order valence-electron chi connectivity index (χ3n) is 3.84. The third-order valence-corrected chi connectivity index (χ3v) is 5.61. The van der Waals surface area contributed by atoms with Crippen molar-refractivity contribution < 1.29 is 9.59 Å². The predicted octanol–water partition coefficient (Wildman–Crippen LogP) is 2.92. The van der Waals surface area contributed by atoms with E-state index >= 15 is 0 Å². The molecule has 7 heteroatoms. The molecule has 1 fully saturated rings. The van der Waals surface area contributed by atoms with E-state index in [1.54, 1.807) is 16.2 Å². The summed E-state index contributed by atoms with van der Waals surface area (Å²) in [5.74, 6) is 0.204. The highest BCUT2D eigenvalue weighted by Gasteiger charge is 2.24. The van der Waals surface area contributed by atoms with E-state index < -0.39 is 0 Å². The quantitative estimate of drug-likeness (QED) is 0.806. The summed E-state index contributed by atoms with van der Waals surface area (Å²) in [6, 6.07) is 4.04. The molecule has 2 aromatic rings. The SMILES string of the molecule is CCN(Cc1cccs1)C(=O)Cc1csc(N2CCCC2=O)n1. The Morgan fingerprint density at radius 2 is 2.30 bits per heavy atom. The largest absolute Gasteiger partial charge is 0.337 e. The number of nitrogens with zero attached hydrogens (tertiary/aromatic N) is 3. The van der Waals surface area contributed by atoms with Crippen LogP contribution in [0.15, 0.2) is 22.9 Å². The fourth-order valence-corrected chi connectivity index (χ4v) is 4.17. The van der Waals surface area contributed by atoms with Crippen molar-refractivity contribution in [2.24, 2.45) is 0 Å². The van der Waals surface area contributed by atoms with E-state index in [1.165, 1.54) is 16.2 Å². The van der Waals surface area contributed by atoms with Crippen molar-refractivity contribution in [1.82, 2.24) is 9.88 Å². The summed E-state index contributed by atoms with van der Waals surface area (Å²) in [4.78, 5) is 33.5. The lowest BCUT2D eigenvalue weighted by molar-refractivity contribution is -0.130. The van der Waals surface area contributed by atoms with E-state index in [4.69, 9.17) is 0 Å². The van der Waals surface area contributed by atoms with Gasteiger partial charge in [0.05, 0.1) is 18.7 Å². The van der Waals surface area contributed by atoms with Gasteiger partial charge in [-0.1, -0.05) is 6.07 Å². The Labute approximate surface area is 143 Å². The van der Waals surface area contributed by atoms with Crippen LogP contribution in [0.1, 0.15) is 30.3 Å². The van der Waals surface area contributed by atoms with Crippen molar-refractivity contribution in [3.63, 3.8) is 0 Å². The Bertz CT molecular complexity index is 681. The number of hydrogen-bond donors (Lipinski definition) is 0. The van der Waals surface area contributed by atoms with Gasteiger partial charge in [0.25, 0.3) is 0 Å². The molecule has 0 aromatic carbocycles. The Morgan fingerprint density at radius 3 is 2.96 bits per heavy atom. The fourth-order valence-electron chi connectivity index (χ4n) is 2.59. The lowest BCUT2D eigenvalue weighted by atomic mass is 10.3. The molecule has 2 aromatic heterocycles. The summed E-state index contributed by atoms with van der Waals surface area (Å²) < 4.78 is 0. The smallest absolute Gasteiger partial charge is 0.228 e. The van der Waals surface area contributed by atoms with Crippen molar-refractivity contribution in [1.29, 1.82) is 0 Å². The molecule has 1 aliphatic heterocycles. The van der Waals surface area contributed by atoms with E-state index in [-0.39, 0.29) is 18.2 Å².